The Hall–Kier alpha value is -1.18. The zero-order chi connectivity index (χ0) is 19.4. The summed E-state index contributed by atoms with van der Waals surface area (Å²) in [6.07, 6.45) is 1.15. The molecule has 0 radical (unpaired) electrons. The normalized spacial score (nSPS) is 28.0. The van der Waals surface area contributed by atoms with Gasteiger partial charge in [0, 0.05) is 0 Å². The maximum atomic E-state index is 12.1. The van der Waals surface area contributed by atoms with Crippen LogP contribution in [-0.2, 0) is 4.74 Å². The SMILES string of the molecule is C=P(C)(C)CC(C)[C@H]1O[C@@H](n2c(Cl)nc3c(=O)[nH]c(C)nc32)[C@H](O)[C@@H]1O. The Balaban J connectivity index is 2.00. The number of hydrogen-bond donors (Lipinski definition) is 3. The van der Waals surface area contributed by atoms with E-state index in [0.29, 0.717) is 5.82 Å². The second-order valence-corrected chi connectivity index (χ2v) is 12.2. The van der Waals surface area contributed by atoms with E-state index < -0.39 is 37.0 Å². The highest BCUT2D eigenvalue weighted by atomic mass is 35.5. The lowest BCUT2D eigenvalue weighted by atomic mass is 10.0. The molecule has 0 aromatic carbocycles. The van der Waals surface area contributed by atoms with E-state index in [2.05, 4.69) is 34.6 Å². The number of imidazole rings is 1. The van der Waals surface area contributed by atoms with E-state index in [1.165, 1.54) is 4.57 Å². The van der Waals surface area contributed by atoms with Crippen molar-refractivity contribution in [3.63, 3.8) is 0 Å². The number of nitrogens with zero attached hydrogens (tertiary/aromatic N) is 3. The maximum absolute atomic E-state index is 12.1. The van der Waals surface area contributed by atoms with E-state index in [4.69, 9.17) is 16.3 Å². The van der Waals surface area contributed by atoms with Gasteiger partial charge in [-0.15, -0.1) is 13.2 Å². The topological polar surface area (TPSA) is 113 Å². The lowest BCUT2D eigenvalue weighted by Crippen LogP contribution is -2.36. The summed E-state index contributed by atoms with van der Waals surface area (Å²) in [4.78, 5) is 22.9. The number of ether oxygens (including phenoxy) is 1. The number of aromatic nitrogens is 4. The number of aliphatic hydroxyl groups is 2. The van der Waals surface area contributed by atoms with E-state index in [9.17, 15) is 15.0 Å². The summed E-state index contributed by atoms with van der Waals surface area (Å²) in [5.41, 5.74) is -0.146. The quantitative estimate of drug-likeness (QED) is 0.520. The van der Waals surface area contributed by atoms with Crippen molar-refractivity contribution in [1.29, 1.82) is 0 Å². The zero-order valence-corrected chi connectivity index (χ0v) is 16.8. The predicted octanol–water partition coefficient (Wildman–Crippen LogP) is 1.05. The number of hydrogen-bond acceptors (Lipinski definition) is 6. The van der Waals surface area contributed by atoms with Crippen LogP contribution in [0.4, 0.5) is 0 Å². The number of H-pyrrole nitrogens is 1. The zero-order valence-electron chi connectivity index (χ0n) is 15.2. The minimum absolute atomic E-state index is 0.00265. The number of aryl methyl sites for hydroxylation is 1. The van der Waals surface area contributed by atoms with Crippen LogP contribution in [0.25, 0.3) is 11.2 Å². The van der Waals surface area contributed by atoms with Crippen molar-refractivity contribution in [3.8, 4) is 0 Å². The molecule has 3 heterocycles. The van der Waals surface area contributed by atoms with Gasteiger partial charge in [0.05, 0.1) is 6.10 Å². The van der Waals surface area contributed by atoms with Crippen LogP contribution in [0.5, 0.6) is 0 Å². The molecule has 0 saturated carbocycles. The van der Waals surface area contributed by atoms with Crippen LogP contribution in [0.2, 0.25) is 5.28 Å². The number of halogens is 1. The monoisotopic (exact) mass is 402 g/mol. The fourth-order valence-corrected chi connectivity index (χ4v) is 5.57. The highest BCUT2D eigenvalue weighted by Gasteiger charge is 2.47. The van der Waals surface area contributed by atoms with Crippen LogP contribution in [0.15, 0.2) is 4.79 Å². The lowest BCUT2D eigenvalue weighted by Gasteiger charge is -2.26. The van der Waals surface area contributed by atoms with Gasteiger partial charge in [-0.3, -0.25) is 9.36 Å². The Morgan fingerprint density at radius 3 is 2.65 bits per heavy atom. The van der Waals surface area contributed by atoms with Crippen LogP contribution in [0.1, 0.15) is 19.0 Å². The Morgan fingerprint density at radius 1 is 1.38 bits per heavy atom. The number of fused-ring (bicyclic) bond motifs is 1. The predicted molar refractivity (Wildman–Crippen MR) is 104 cm³/mol. The second kappa shape index (κ2) is 6.77. The molecule has 3 rings (SSSR count). The van der Waals surface area contributed by atoms with Crippen LogP contribution >= 0.6 is 18.5 Å². The van der Waals surface area contributed by atoms with Crippen LogP contribution in [0, 0.1) is 12.8 Å². The molecule has 0 aliphatic carbocycles. The van der Waals surface area contributed by atoms with Crippen molar-refractivity contribution in [2.24, 2.45) is 5.92 Å². The third kappa shape index (κ3) is 3.49. The summed E-state index contributed by atoms with van der Waals surface area (Å²) in [5.74, 6) is 0.388. The van der Waals surface area contributed by atoms with Gasteiger partial charge in [0.2, 0.25) is 5.28 Å². The Bertz CT molecular complexity index is 936. The van der Waals surface area contributed by atoms with Gasteiger partial charge in [-0.2, -0.15) is 0 Å². The van der Waals surface area contributed by atoms with Gasteiger partial charge in [0.25, 0.3) is 5.56 Å². The van der Waals surface area contributed by atoms with Crippen molar-refractivity contribution < 1.29 is 14.9 Å². The van der Waals surface area contributed by atoms with Crippen molar-refractivity contribution in [2.75, 3.05) is 19.5 Å². The maximum Gasteiger partial charge on any atom is 0.279 e. The van der Waals surface area contributed by atoms with E-state index in [-0.39, 0.29) is 22.4 Å². The number of aromatic amines is 1. The van der Waals surface area contributed by atoms with Gasteiger partial charge in [-0.05, 0) is 43.9 Å². The van der Waals surface area contributed by atoms with Crippen LogP contribution < -0.4 is 5.56 Å². The Morgan fingerprint density at radius 2 is 2.04 bits per heavy atom. The third-order valence-corrected chi connectivity index (χ3v) is 6.33. The molecule has 0 spiro atoms. The fourth-order valence-electron chi connectivity index (χ4n) is 3.55. The molecule has 2 aromatic heterocycles. The summed E-state index contributed by atoms with van der Waals surface area (Å²) in [6.45, 7) is 6.49. The molecule has 1 aliphatic heterocycles. The van der Waals surface area contributed by atoms with Crippen molar-refractivity contribution >= 4 is 36.0 Å². The smallest absolute Gasteiger partial charge is 0.279 e. The molecule has 0 bridgehead atoms. The molecule has 1 saturated heterocycles. The number of rotatable bonds is 4. The molecule has 0 amide bonds. The van der Waals surface area contributed by atoms with Gasteiger partial charge >= 0.3 is 0 Å². The summed E-state index contributed by atoms with van der Waals surface area (Å²) >= 11 is 6.20. The number of nitrogens with one attached hydrogen (secondary N) is 1. The van der Waals surface area contributed by atoms with Crippen molar-refractivity contribution in [1.82, 2.24) is 19.5 Å². The summed E-state index contributed by atoms with van der Waals surface area (Å²) in [7, 11) is 0. The third-order valence-electron chi connectivity index (χ3n) is 4.50. The summed E-state index contributed by atoms with van der Waals surface area (Å²) < 4.78 is 7.35. The summed E-state index contributed by atoms with van der Waals surface area (Å²) in [5, 5.41) is 21.1. The molecule has 144 valence electrons. The van der Waals surface area contributed by atoms with E-state index in [1.807, 2.05) is 6.92 Å². The molecular weight excluding hydrogens is 379 g/mol. The molecular formula is C16H24ClN4O4P. The van der Waals surface area contributed by atoms with Gasteiger partial charge in [0.15, 0.2) is 17.4 Å². The molecule has 1 fully saturated rings. The first kappa shape index (κ1) is 19.6. The second-order valence-electron chi connectivity index (χ2n) is 7.64. The van der Waals surface area contributed by atoms with Crippen molar-refractivity contribution in [2.45, 2.75) is 38.4 Å². The first-order chi connectivity index (χ1) is 12.0. The highest BCUT2D eigenvalue weighted by Crippen LogP contribution is 2.43. The Labute approximate surface area is 156 Å². The van der Waals surface area contributed by atoms with E-state index in [1.54, 1.807) is 6.92 Å². The average molecular weight is 403 g/mol. The van der Waals surface area contributed by atoms with Gasteiger partial charge in [-0.25, -0.2) is 9.97 Å². The molecule has 26 heavy (non-hydrogen) atoms. The fraction of sp³-hybridized carbons (Fsp3) is 0.625. The van der Waals surface area contributed by atoms with Crippen molar-refractivity contribution in [3.05, 3.63) is 21.5 Å². The minimum Gasteiger partial charge on any atom is -0.388 e. The first-order valence-corrected chi connectivity index (χ1v) is 11.8. The summed E-state index contributed by atoms with van der Waals surface area (Å²) in [6, 6.07) is 0. The van der Waals surface area contributed by atoms with Gasteiger partial charge < -0.3 is 19.9 Å². The number of aliphatic hydroxyl groups excluding tert-OH is 2. The van der Waals surface area contributed by atoms with E-state index in [0.717, 1.165) is 6.16 Å². The highest BCUT2D eigenvalue weighted by molar-refractivity contribution is 7.72. The van der Waals surface area contributed by atoms with Gasteiger partial charge in [-0.1, -0.05) is 6.92 Å². The minimum atomic E-state index is -1.34. The molecule has 1 unspecified atom stereocenters. The largest absolute Gasteiger partial charge is 0.388 e. The van der Waals surface area contributed by atoms with Crippen LogP contribution in [0.3, 0.4) is 0 Å². The first-order valence-electron chi connectivity index (χ1n) is 8.33. The molecule has 1 aliphatic rings. The van der Waals surface area contributed by atoms with E-state index >= 15 is 0 Å². The Kier molecular flexibility index (Phi) is 5.09. The molecule has 2 aromatic rings. The standard InChI is InChI=1S/C16H24ClN4O4P/c1-7(6-26(3,4)5)12-10(22)11(23)15(25-12)21-13-9(20-16(21)17)14(24)19-8(2)18-13/h7,10-12,15,22-23H,3,6H2,1-2,4-5H3,(H,18,19,24)/t7?,10-,11+,12+,15+/m0/s1. The lowest BCUT2D eigenvalue weighted by molar-refractivity contribution is -0.0485. The molecule has 8 nitrogen and oxygen atoms in total. The molecule has 10 heteroatoms. The van der Waals surface area contributed by atoms with Crippen LogP contribution in [-0.4, -0.2) is 73.8 Å². The molecule has 5 atom stereocenters. The average Bonchev–Trinajstić information content (AvgIpc) is 2.96. The molecule has 3 N–H and O–H groups in total. The van der Waals surface area contributed by atoms with Gasteiger partial charge in [0.1, 0.15) is 18.0 Å².